The van der Waals surface area contributed by atoms with Crippen LogP contribution >= 0.6 is 0 Å². The highest BCUT2D eigenvalue weighted by Gasteiger charge is 2.21. The minimum atomic E-state index is -0.159. The molecule has 1 aliphatic heterocycles. The zero-order valence-corrected chi connectivity index (χ0v) is 7.84. The fourth-order valence-corrected chi connectivity index (χ4v) is 1.18. The quantitative estimate of drug-likeness (QED) is 0.621. The number of nitrogens with zero attached hydrogens (tertiary/aromatic N) is 2. The van der Waals surface area contributed by atoms with Gasteiger partial charge in [-0.05, 0) is 19.4 Å². The van der Waals surface area contributed by atoms with Gasteiger partial charge in [-0.2, -0.15) is 5.10 Å². The highest BCUT2D eigenvalue weighted by Crippen LogP contribution is 2.18. The van der Waals surface area contributed by atoms with E-state index in [0.717, 1.165) is 12.8 Å². The molecule has 0 fully saturated rings. The molecule has 0 spiro atoms. The molecule has 1 atom stereocenters. The number of allylic oxidation sites excluding steroid dienone is 2. The molecule has 2 nitrogen and oxygen atoms in total. The smallest absolute Gasteiger partial charge is 0.142 e. The van der Waals surface area contributed by atoms with Crippen LogP contribution in [0.4, 0.5) is 4.39 Å². The Hall–Kier alpha value is -0.860. The Balaban J connectivity index is 2.67. The van der Waals surface area contributed by atoms with Gasteiger partial charge < -0.3 is 0 Å². The molecule has 1 aliphatic rings. The third-order valence-electron chi connectivity index (χ3n) is 2.06. The first-order valence-electron chi connectivity index (χ1n) is 4.31. The van der Waals surface area contributed by atoms with E-state index in [1.165, 1.54) is 0 Å². The Bertz CT molecular complexity index is 221. The van der Waals surface area contributed by atoms with Gasteiger partial charge in [0.05, 0.1) is 5.71 Å². The van der Waals surface area contributed by atoms with Crippen molar-refractivity contribution in [2.24, 2.45) is 5.10 Å². The predicted molar refractivity (Wildman–Crippen MR) is 48.8 cm³/mol. The molecule has 1 unspecified atom stereocenters. The Morgan fingerprint density at radius 3 is 2.92 bits per heavy atom. The van der Waals surface area contributed by atoms with Crippen molar-refractivity contribution in [1.82, 2.24) is 5.01 Å². The summed E-state index contributed by atoms with van der Waals surface area (Å²) in [6.45, 7) is 3.96. The van der Waals surface area contributed by atoms with Crippen molar-refractivity contribution in [3.05, 3.63) is 11.9 Å². The van der Waals surface area contributed by atoms with Crippen LogP contribution in [0.25, 0.3) is 0 Å². The third kappa shape index (κ3) is 1.84. The molecule has 0 saturated carbocycles. The number of rotatable bonds is 2. The van der Waals surface area contributed by atoms with Crippen LogP contribution in [-0.4, -0.2) is 23.8 Å². The summed E-state index contributed by atoms with van der Waals surface area (Å²) in [6.07, 6.45) is 3.02. The molecule has 0 bridgehead atoms. The van der Waals surface area contributed by atoms with Crippen molar-refractivity contribution >= 4 is 5.71 Å². The van der Waals surface area contributed by atoms with Crippen LogP contribution in [0.2, 0.25) is 0 Å². The van der Waals surface area contributed by atoms with E-state index in [2.05, 4.69) is 5.10 Å². The topological polar surface area (TPSA) is 15.6 Å². The van der Waals surface area contributed by atoms with Gasteiger partial charge in [-0.1, -0.05) is 6.92 Å². The lowest BCUT2D eigenvalue weighted by Gasteiger charge is -2.11. The normalized spacial score (nSPS) is 24.7. The Kier molecular flexibility index (Phi) is 2.84. The minimum absolute atomic E-state index is 0.159. The first-order chi connectivity index (χ1) is 5.65. The van der Waals surface area contributed by atoms with Gasteiger partial charge in [0.25, 0.3) is 0 Å². The van der Waals surface area contributed by atoms with Crippen LogP contribution in [0.5, 0.6) is 0 Å². The summed E-state index contributed by atoms with van der Waals surface area (Å²) >= 11 is 0. The van der Waals surface area contributed by atoms with Gasteiger partial charge in [-0.25, -0.2) is 4.39 Å². The molecule has 12 heavy (non-hydrogen) atoms. The Morgan fingerprint density at radius 2 is 2.50 bits per heavy atom. The van der Waals surface area contributed by atoms with Crippen molar-refractivity contribution in [2.45, 2.75) is 32.7 Å². The lowest BCUT2D eigenvalue weighted by atomic mass is 10.1. The molecule has 0 saturated heterocycles. The second-order valence-corrected chi connectivity index (χ2v) is 3.13. The van der Waals surface area contributed by atoms with E-state index in [1.54, 1.807) is 11.1 Å². The highest BCUT2D eigenvalue weighted by atomic mass is 19.1. The average molecular weight is 170 g/mol. The molecule has 0 aliphatic carbocycles. The molecule has 0 aromatic heterocycles. The van der Waals surface area contributed by atoms with Gasteiger partial charge in [0.2, 0.25) is 0 Å². The molecule has 0 aromatic carbocycles. The maximum Gasteiger partial charge on any atom is 0.142 e. The molecule has 0 aromatic rings. The zero-order valence-electron chi connectivity index (χ0n) is 7.84. The van der Waals surface area contributed by atoms with Gasteiger partial charge >= 0.3 is 0 Å². The third-order valence-corrected chi connectivity index (χ3v) is 2.06. The molecule has 1 heterocycles. The fourth-order valence-electron chi connectivity index (χ4n) is 1.18. The first kappa shape index (κ1) is 9.23. The number of hydrazone groups is 1. The summed E-state index contributed by atoms with van der Waals surface area (Å²) in [5.74, 6) is -0.159. The van der Waals surface area contributed by atoms with Crippen LogP contribution in [0, 0.1) is 0 Å². The molecule has 1 rings (SSSR count). The molecule has 0 N–H and O–H groups in total. The van der Waals surface area contributed by atoms with Crippen molar-refractivity contribution < 1.29 is 4.39 Å². The second kappa shape index (κ2) is 3.70. The monoisotopic (exact) mass is 170 g/mol. The molecular weight excluding hydrogens is 155 g/mol. The van der Waals surface area contributed by atoms with Gasteiger partial charge in [0.1, 0.15) is 5.83 Å². The second-order valence-electron chi connectivity index (χ2n) is 3.13. The van der Waals surface area contributed by atoms with Gasteiger partial charge in [-0.15, -0.1) is 0 Å². The van der Waals surface area contributed by atoms with Crippen molar-refractivity contribution in [1.29, 1.82) is 0 Å². The van der Waals surface area contributed by atoms with Crippen molar-refractivity contribution in [2.75, 3.05) is 7.05 Å². The zero-order chi connectivity index (χ0) is 9.14. The van der Waals surface area contributed by atoms with E-state index >= 15 is 0 Å². The van der Waals surface area contributed by atoms with E-state index in [0.29, 0.717) is 11.8 Å². The van der Waals surface area contributed by atoms with Crippen LogP contribution in [0.3, 0.4) is 0 Å². The number of hydrogen-bond acceptors (Lipinski definition) is 2. The summed E-state index contributed by atoms with van der Waals surface area (Å²) in [5, 5.41) is 5.90. The largest absolute Gasteiger partial charge is 0.297 e. The SMILES string of the molecule is CC/C=C(/F)C1=NN(C)C(C)C1. The maximum atomic E-state index is 13.2. The van der Waals surface area contributed by atoms with E-state index in [-0.39, 0.29) is 5.83 Å². The van der Waals surface area contributed by atoms with E-state index in [4.69, 9.17) is 0 Å². The molecule has 0 amide bonds. The van der Waals surface area contributed by atoms with E-state index < -0.39 is 0 Å². The van der Waals surface area contributed by atoms with Crippen molar-refractivity contribution in [3.8, 4) is 0 Å². The summed E-state index contributed by atoms with van der Waals surface area (Å²) in [7, 11) is 1.87. The Morgan fingerprint density at radius 1 is 1.83 bits per heavy atom. The molecule has 3 heteroatoms. The minimum Gasteiger partial charge on any atom is -0.297 e. The fraction of sp³-hybridized carbons (Fsp3) is 0.667. The molecular formula is C9H15FN2. The summed E-state index contributed by atoms with van der Waals surface area (Å²) in [4.78, 5) is 0. The maximum absolute atomic E-state index is 13.2. The highest BCUT2D eigenvalue weighted by molar-refractivity contribution is 5.99. The van der Waals surface area contributed by atoms with Gasteiger partial charge in [-0.3, -0.25) is 5.01 Å². The van der Waals surface area contributed by atoms with Crippen LogP contribution in [-0.2, 0) is 0 Å². The predicted octanol–water partition coefficient (Wildman–Crippen LogP) is 2.33. The number of hydrogen-bond donors (Lipinski definition) is 0. The van der Waals surface area contributed by atoms with Gasteiger partial charge in [0, 0.05) is 19.5 Å². The van der Waals surface area contributed by atoms with Crippen LogP contribution in [0.1, 0.15) is 26.7 Å². The summed E-state index contributed by atoms with van der Waals surface area (Å²) in [6, 6.07) is 0.330. The summed E-state index contributed by atoms with van der Waals surface area (Å²) in [5.41, 5.74) is 0.590. The summed E-state index contributed by atoms with van der Waals surface area (Å²) < 4.78 is 13.2. The van der Waals surface area contributed by atoms with Crippen LogP contribution < -0.4 is 0 Å². The van der Waals surface area contributed by atoms with E-state index in [9.17, 15) is 4.39 Å². The lowest BCUT2D eigenvalue weighted by Crippen LogP contribution is -2.17. The molecule has 68 valence electrons. The van der Waals surface area contributed by atoms with Crippen LogP contribution in [0.15, 0.2) is 17.0 Å². The first-order valence-corrected chi connectivity index (χ1v) is 4.31. The standard InChI is InChI=1S/C9H15FN2/c1-4-5-8(10)9-6-7(2)12(3)11-9/h5,7H,4,6H2,1-3H3/b8-5+. The molecule has 0 radical (unpaired) electrons. The van der Waals surface area contributed by atoms with Crippen molar-refractivity contribution in [3.63, 3.8) is 0 Å². The lowest BCUT2D eigenvalue weighted by molar-refractivity contribution is 0.303. The average Bonchev–Trinajstić information content (AvgIpc) is 2.33. The van der Waals surface area contributed by atoms with E-state index in [1.807, 2.05) is 20.9 Å². The Labute approximate surface area is 72.8 Å². The number of halogens is 1. The van der Waals surface area contributed by atoms with Gasteiger partial charge in [0.15, 0.2) is 0 Å².